The standard InChI is InChI=1S/C9H10N2O2/c1-2-3-9(13)11-7-4-5-10-6-8(7)12/h2-6,12H,1H3,(H,10,11,13)/b3-2+. The van der Waals surface area contributed by atoms with Crippen LogP contribution in [0.1, 0.15) is 6.92 Å². The van der Waals surface area contributed by atoms with E-state index in [4.69, 9.17) is 0 Å². The molecule has 4 nitrogen and oxygen atoms in total. The number of nitrogens with one attached hydrogen (secondary N) is 1. The van der Waals surface area contributed by atoms with E-state index in [2.05, 4.69) is 10.3 Å². The number of carbonyl (C=O) groups is 1. The smallest absolute Gasteiger partial charge is 0.248 e. The van der Waals surface area contributed by atoms with Gasteiger partial charge in [-0.1, -0.05) is 6.08 Å². The summed E-state index contributed by atoms with van der Waals surface area (Å²) in [6.07, 6.45) is 5.75. The van der Waals surface area contributed by atoms with Crippen molar-refractivity contribution in [1.29, 1.82) is 0 Å². The van der Waals surface area contributed by atoms with Gasteiger partial charge in [-0.25, -0.2) is 0 Å². The SMILES string of the molecule is C/C=C/C(=O)Nc1ccncc1O. The zero-order chi connectivity index (χ0) is 9.68. The Morgan fingerprint density at radius 2 is 2.46 bits per heavy atom. The molecule has 0 saturated heterocycles. The fraction of sp³-hybridized carbons (Fsp3) is 0.111. The number of anilines is 1. The molecular weight excluding hydrogens is 168 g/mol. The van der Waals surface area contributed by atoms with Crippen LogP contribution in [0.15, 0.2) is 30.6 Å². The van der Waals surface area contributed by atoms with Crippen molar-refractivity contribution < 1.29 is 9.90 Å². The third-order valence-corrected chi connectivity index (χ3v) is 1.38. The van der Waals surface area contributed by atoms with Crippen LogP contribution in [-0.2, 0) is 4.79 Å². The molecule has 0 aromatic carbocycles. The second kappa shape index (κ2) is 4.25. The molecule has 1 amide bonds. The first-order valence-corrected chi connectivity index (χ1v) is 3.80. The van der Waals surface area contributed by atoms with Crippen LogP contribution in [-0.4, -0.2) is 16.0 Å². The highest BCUT2D eigenvalue weighted by Gasteiger charge is 2.01. The van der Waals surface area contributed by atoms with Crippen molar-refractivity contribution in [1.82, 2.24) is 4.98 Å². The van der Waals surface area contributed by atoms with Crippen LogP contribution >= 0.6 is 0 Å². The van der Waals surface area contributed by atoms with Crippen molar-refractivity contribution in [2.45, 2.75) is 6.92 Å². The van der Waals surface area contributed by atoms with Gasteiger partial charge in [0.2, 0.25) is 5.91 Å². The number of hydrogen-bond donors (Lipinski definition) is 2. The first-order valence-electron chi connectivity index (χ1n) is 3.80. The zero-order valence-electron chi connectivity index (χ0n) is 7.19. The number of hydrogen-bond acceptors (Lipinski definition) is 3. The van der Waals surface area contributed by atoms with Gasteiger partial charge in [0.25, 0.3) is 0 Å². The van der Waals surface area contributed by atoms with Gasteiger partial charge in [0.15, 0.2) is 5.75 Å². The molecule has 1 heterocycles. The summed E-state index contributed by atoms with van der Waals surface area (Å²) in [6.45, 7) is 1.74. The van der Waals surface area contributed by atoms with Crippen molar-refractivity contribution in [2.24, 2.45) is 0 Å². The molecule has 0 radical (unpaired) electrons. The third-order valence-electron chi connectivity index (χ3n) is 1.38. The van der Waals surface area contributed by atoms with Crippen LogP contribution in [0.25, 0.3) is 0 Å². The fourth-order valence-electron chi connectivity index (χ4n) is 0.818. The zero-order valence-corrected chi connectivity index (χ0v) is 7.19. The monoisotopic (exact) mass is 178 g/mol. The molecule has 0 bridgehead atoms. The van der Waals surface area contributed by atoms with Crippen LogP contribution in [0, 0.1) is 0 Å². The largest absolute Gasteiger partial charge is 0.504 e. The van der Waals surface area contributed by atoms with Gasteiger partial charge in [-0.15, -0.1) is 0 Å². The predicted octanol–water partition coefficient (Wildman–Crippen LogP) is 1.30. The highest BCUT2D eigenvalue weighted by molar-refractivity contribution is 6.00. The normalized spacial score (nSPS) is 10.2. The molecule has 0 unspecified atom stereocenters. The van der Waals surface area contributed by atoms with Crippen LogP contribution < -0.4 is 5.32 Å². The van der Waals surface area contributed by atoms with Crippen molar-refractivity contribution in [3.05, 3.63) is 30.6 Å². The number of pyridine rings is 1. The average Bonchev–Trinajstić information content (AvgIpc) is 2.09. The molecule has 1 rings (SSSR count). The lowest BCUT2D eigenvalue weighted by molar-refractivity contribution is -0.111. The van der Waals surface area contributed by atoms with E-state index in [0.717, 1.165) is 0 Å². The molecule has 0 aliphatic rings. The van der Waals surface area contributed by atoms with Crippen molar-refractivity contribution in [3.63, 3.8) is 0 Å². The Kier molecular flexibility index (Phi) is 3.03. The minimum absolute atomic E-state index is 0.0413. The maximum absolute atomic E-state index is 11.0. The maximum Gasteiger partial charge on any atom is 0.248 e. The lowest BCUT2D eigenvalue weighted by Gasteiger charge is -2.02. The second-order valence-corrected chi connectivity index (χ2v) is 2.38. The fourth-order valence-corrected chi connectivity index (χ4v) is 0.818. The van der Waals surface area contributed by atoms with E-state index in [0.29, 0.717) is 5.69 Å². The number of rotatable bonds is 2. The minimum Gasteiger partial charge on any atom is -0.504 e. The second-order valence-electron chi connectivity index (χ2n) is 2.38. The van der Waals surface area contributed by atoms with Crippen LogP contribution in [0.5, 0.6) is 5.75 Å². The summed E-state index contributed by atoms with van der Waals surface area (Å²) in [5, 5.41) is 11.7. The van der Waals surface area contributed by atoms with Gasteiger partial charge < -0.3 is 10.4 Å². The van der Waals surface area contributed by atoms with Crippen LogP contribution in [0.2, 0.25) is 0 Å². The van der Waals surface area contributed by atoms with Crippen molar-refractivity contribution in [2.75, 3.05) is 5.32 Å². The molecule has 0 saturated carbocycles. The lowest BCUT2D eigenvalue weighted by atomic mass is 10.3. The summed E-state index contributed by atoms with van der Waals surface area (Å²) in [5.74, 6) is -0.315. The number of aromatic hydroxyl groups is 1. The highest BCUT2D eigenvalue weighted by atomic mass is 16.3. The summed E-state index contributed by atoms with van der Waals surface area (Å²) in [6, 6.07) is 1.52. The van der Waals surface area contributed by atoms with Gasteiger partial charge in [0.1, 0.15) is 0 Å². The molecule has 0 atom stereocenters. The van der Waals surface area contributed by atoms with Gasteiger partial charge in [-0.05, 0) is 19.1 Å². The molecule has 2 N–H and O–H groups in total. The van der Waals surface area contributed by atoms with E-state index >= 15 is 0 Å². The van der Waals surface area contributed by atoms with E-state index in [-0.39, 0.29) is 11.7 Å². The molecule has 0 aliphatic heterocycles. The van der Waals surface area contributed by atoms with Gasteiger partial charge in [-0.2, -0.15) is 0 Å². The Bertz CT molecular complexity index is 334. The predicted molar refractivity (Wildman–Crippen MR) is 49.3 cm³/mol. The highest BCUT2D eigenvalue weighted by Crippen LogP contribution is 2.19. The molecular formula is C9H10N2O2. The van der Waals surface area contributed by atoms with Crippen LogP contribution in [0.4, 0.5) is 5.69 Å². The Balaban J connectivity index is 2.74. The lowest BCUT2D eigenvalue weighted by Crippen LogP contribution is -2.07. The Hall–Kier alpha value is -1.84. The maximum atomic E-state index is 11.0. The molecule has 0 spiro atoms. The van der Waals surface area contributed by atoms with Crippen molar-refractivity contribution >= 4 is 11.6 Å². The van der Waals surface area contributed by atoms with E-state index in [1.54, 1.807) is 13.0 Å². The first-order chi connectivity index (χ1) is 6.24. The van der Waals surface area contributed by atoms with Gasteiger partial charge in [0.05, 0.1) is 11.9 Å². The molecule has 13 heavy (non-hydrogen) atoms. The summed E-state index contributed by atoms with van der Waals surface area (Å²) in [7, 11) is 0. The summed E-state index contributed by atoms with van der Waals surface area (Å²) in [4.78, 5) is 14.7. The van der Waals surface area contributed by atoms with E-state index in [1.165, 1.54) is 24.5 Å². The number of amides is 1. The number of nitrogens with zero attached hydrogens (tertiary/aromatic N) is 1. The average molecular weight is 178 g/mol. The van der Waals surface area contributed by atoms with E-state index in [9.17, 15) is 9.90 Å². The number of allylic oxidation sites excluding steroid dienone is 1. The third kappa shape index (κ3) is 2.59. The van der Waals surface area contributed by atoms with Gasteiger partial charge >= 0.3 is 0 Å². The number of aromatic nitrogens is 1. The summed E-state index contributed by atoms with van der Waals surface area (Å²) >= 11 is 0. The topological polar surface area (TPSA) is 62.2 Å². The first kappa shape index (κ1) is 9.25. The van der Waals surface area contributed by atoms with E-state index < -0.39 is 0 Å². The molecule has 1 aromatic rings. The van der Waals surface area contributed by atoms with Gasteiger partial charge in [0, 0.05) is 6.20 Å². The molecule has 0 aliphatic carbocycles. The summed E-state index contributed by atoms with van der Waals surface area (Å²) < 4.78 is 0. The van der Waals surface area contributed by atoms with Crippen molar-refractivity contribution in [3.8, 4) is 5.75 Å². The van der Waals surface area contributed by atoms with Gasteiger partial charge in [-0.3, -0.25) is 9.78 Å². The Labute approximate surface area is 75.9 Å². The molecule has 4 heteroatoms. The van der Waals surface area contributed by atoms with E-state index in [1.807, 2.05) is 0 Å². The number of carbonyl (C=O) groups excluding carboxylic acids is 1. The van der Waals surface area contributed by atoms with Crippen LogP contribution in [0.3, 0.4) is 0 Å². The molecule has 0 fully saturated rings. The summed E-state index contributed by atoms with van der Waals surface area (Å²) in [5.41, 5.74) is 0.359. The minimum atomic E-state index is -0.274. The Morgan fingerprint density at radius 1 is 1.69 bits per heavy atom. The Morgan fingerprint density at radius 3 is 3.08 bits per heavy atom. The molecule has 68 valence electrons. The quantitative estimate of drug-likeness (QED) is 0.671. The molecule has 1 aromatic heterocycles.